The van der Waals surface area contributed by atoms with Gasteiger partial charge in [-0.25, -0.2) is 0 Å². The van der Waals surface area contributed by atoms with E-state index in [0.717, 1.165) is 0 Å². The molecule has 0 aliphatic rings. The van der Waals surface area contributed by atoms with E-state index in [4.69, 9.17) is 11.5 Å². The van der Waals surface area contributed by atoms with E-state index in [2.05, 4.69) is 20.0 Å². The molecule has 7 nitrogen and oxygen atoms in total. The van der Waals surface area contributed by atoms with Crippen LogP contribution in [-0.2, 0) is 6.42 Å². The van der Waals surface area contributed by atoms with Gasteiger partial charge in [0.25, 0.3) is 5.91 Å². The van der Waals surface area contributed by atoms with Gasteiger partial charge >= 0.3 is 0 Å². The van der Waals surface area contributed by atoms with Crippen LogP contribution >= 0.6 is 0 Å². The number of benzene rings is 1. The molecule has 0 aliphatic heterocycles. The molecule has 5 N–H and O–H groups in total. The Labute approximate surface area is 103 Å². The first-order valence-electron chi connectivity index (χ1n) is 5.36. The predicted octanol–water partition coefficient (Wildman–Crippen LogP) is 0.405. The van der Waals surface area contributed by atoms with Crippen LogP contribution in [0.3, 0.4) is 0 Å². The zero-order valence-electron chi connectivity index (χ0n) is 9.59. The van der Waals surface area contributed by atoms with E-state index in [-0.39, 0.29) is 0 Å². The third-order valence-electron chi connectivity index (χ3n) is 2.42. The zero-order valence-corrected chi connectivity index (χ0v) is 9.59. The Morgan fingerprint density at radius 3 is 2.94 bits per heavy atom. The number of primary amides is 1. The first kappa shape index (κ1) is 11.9. The fourth-order valence-electron chi connectivity index (χ4n) is 1.57. The number of carbonyl (C=O) groups is 1. The molecule has 0 atom stereocenters. The lowest BCUT2D eigenvalue weighted by Gasteiger charge is -2.11. The summed E-state index contributed by atoms with van der Waals surface area (Å²) in [6.45, 7) is 0.522. The van der Waals surface area contributed by atoms with E-state index in [1.54, 1.807) is 18.2 Å². The molecule has 0 radical (unpaired) electrons. The van der Waals surface area contributed by atoms with Crippen LogP contribution in [0.4, 0.5) is 11.4 Å². The lowest BCUT2D eigenvalue weighted by molar-refractivity contribution is 0.100. The Balaban J connectivity index is 2.06. The molecule has 0 unspecified atom stereocenters. The summed E-state index contributed by atoms with van der Waals surface area (Å²) >= 11 is 0. The van der Waals surface area contributed by atoms with Gasteiger partial charge in [-0.2, -0.15) is 4.98 Å². The van der Waals surface area contributed by atoms with Crippen molar-refractivity contribution in [3.05, 3.63) is 36.0 Å². The monoisotopic (exact) mass is 247 g/mol. The van der Waals surface area contributed by atoms with Crippen molar-refractivity contribution in [3.8, 4) is 0 Å². The number of nitrogens with zero attached hydrogens (tertiary/aromatic N) is 2. The fourth-order valence-corrected chi connectivity index (χ4v) is 1.57. The van der Waals surface area contributed by atoms with Gasteiger partial charge in [-0.05, 0) is 12.1 Å². The number of carbonyl (C=O) groups excluding carboxylic acids is 1. The Morgan fingerprint density at radius 2 is 2.28 bits per heavy atom. The van der Waals surface area contributed by atoms with E-state index < -0.39 is 5.91 Å². The van der Waals surface area contributed by atoms with Crippen LogP contribution in [-0.4, -0.2) is 22.6 Å². The molecule has 1 amide bonds. The van der Waals surface area contributed by atoms with Gasteiger partial charge in [-0.1, -0.05) is 11.2 Å². The second kappa shape index (κ2) is 5.17. The molecule has 18 heavy (non-hydrogen) atoms. The predicted molar refractivity (Wildman–Crippen MR) is 65.9 cm³/mol. The van der Waals surface area contributed by atoms with Crippen molar-refractivity contribution in [1.82, 2.24) is 10.1 Å². The minimum Gasteiger partial charge on any atom is -0.397 e. The first-order valence-corrected chi connectivity index (χ1v) is 5.36. The van der Waals surface area contributed by atoms with E-state index in [1.165, 1.54) is 6.39 Å². The molecule has 0 spiro atoms. The number of para-hydroxylation sites is 1. The van der Waals surface area contributed by atoms with Gasteiger partial charge in [0.2, 0.25) is 6.39 Å². The number of aromatic nitrogens is 2. The minimum atomic E-state index is -0.524. The lowest BCUT2D eigenvalue weighted by atomic mass is 10.1. The molecule has 1 heterocycles. The third kappa shape index (κ3) is 2.57. The Kier molecular flexibility index (Phi) is 3.42. The van der Waals surface area contributed by atoms with Crippen molar-refractivity contribution in [2.45, 2.75) is 6.42 Å². The van der Waals surface area contributed by atoms with Gasteiger partial charge in [0, 0.05) is 13.0 Å². The molecule has 0 bridgehead atoms. The summed E-state index contributed by atoms with van der Waals surface area (Å²) in [5, 5.41) is 6.73. The molecule has 2 aromatic rings. The smallest absolute Gasteiger partial charge is 0.250 e. The molecule has 1 aromatic heterocycles. The van der Waals surface area contributed by atoms with E-state index in [0.29, 0.717) is 35.7 Å². The van der Waals surface area contributed by atoms with Crippen molar-refractivity contribution in [2.24, 2.45) is 5.73 Å². The summed E-state index contributed by atoms with van der Waals surface area (Å²) in [6.07, 6.45) is 1.82. The van der Waals surface area contributed by atoms with E-state index in [9.17, 15) is 4.79 Å². The number of hydrogen-bond donors (Lipinski definition) is 3. The van der Waals surface area contributed by atoms with Crippen LogP contribution in [0, 0.1) is 0 Å². The summed E-state index contributed by atoms with van der Waals surface area (Å²) in [5.74, 6) is 0.0574. The highest BCUT2D eigenvalue weighted by atomic mass is 16.5. The number of nitrogens with two attached hydrogens (primary N) is 2. The molecule has 2 rings (SSSR count). The molecule has 0 fully saturated rings. The van der Waals surface area contributed by atoms with Gasteiger partial charge in [0.15, 0.2) is 5.82 Å². The number of nitrogen functional groups attached to an aromatic ring is 1. The van der Waals surface area contributed by atoms with Crippen molar-refractivity contribution < 1.29 is 9.32 Å². The molecule has 7 heteroatoms. The van der Waals surface area contributed by atoms with Gasteiger partial charge < -0.3 is 21.3 Å². The number of anilines is 2. The number of amides is 1. The number of rotatable bonds is 5. The largest absolute Gasteiger partial charge is 0.397 e. The summed E-state index contributed by atoms with van der Waals surface area (Å²) in [6, 6.07) is 5.00. The second-order valence-electron chi connectivity index (χ2n) is 3.66. The van der Waals surface area contributed by atoms with Crippen LogP contribution in [0.2, 0.25) is 0 Å². The second-order valence-corrected chi connectivity index (χ2v) is 3.66. The van der Waals surface area contributed by atoms with Gasteiger partial charge in [-0.15, -0.1) is 0 Å². The van der Waals surface area contributed by atoms with Crippen molar-refractivity contribution in [1.29, 1.82) is 0 Å². The molecule has 1 aromatic carbocycles. The standard InChI is InChI=1S/C11H13N5O2/c12-8-3-1-2-7(11(13)17)10(8)14-5-4-9-15-6-18-16-9/h1-3,6,14H,4-5,12H2,(H2,13,17). The maximum absolute atomic E-state index is 11.3. The SMILES string of the molecule is NC(=O)c1cccc(N)c1NCCc1ncon1. The average molecular weight is 247 g/mol. The quantitative estimate of drug-likeness (QED) is 0.658. The van der Waals surface area contributed by atoms with Crippen LogP contribution in [0.25, 0.3) is 0 Å². The highest BCUT2D eigenvalue weighted by Gasteiger charge is 2.10. The molecule has 94 valence electrons. The summed E-state index contributed by atoms with van der Waals surface area (Å²) < 4.78 is 4.62. The number of nitrogens with one attached hydrogen (secondary N) is 1. The third-order valence-corrected chi connectivity index (χ3v) is 2.42. The first-order chi connectivity index (χ1) is 8.68. The van der Waals surface area contributed by atoms with Crippen LogP contribution < -0.4 is 16.8 Å². The maximum Gasteiger partial charge on any atom is 0.250 e. The van der Waals surface area contributed by atoms with Crippen molar-refractivity contribution in [2.75, 3.05) is 17.6 Å². The molecular formula is C11H13N5O2. The molecular weight excluding hydrogens is 234 g/mol. The van der Waals surface area contributed by atoms with Gasteiger partial charge in [-0.3, -0.25) is 4.79 Å². The molecule has 0 aliphatic carbocycles. The summed E-state index contributed by atoms with van der Waals surface area (Å²) in [4.78, 5) is 15.1. The lowest BCUT2D eigenvalue weighted by Crippen LogP contribution is -2.17. The molecule has 0 saturated carbocycles. The maximum atomic E-state index is 11.3. The Morgan fingerprint density at radius 1 is 1.44 bits per heavy atom. The summed E-state index contributed by atoms with van der Waals surface area (Å²) in [7, 11) is 0. The van der Waals surface area contributed by atoms with Crippen molar-refractivity contribution >= 4 is 17.3 Å². The van der Waals surface area contributed by atoms with E-state index >= 15 is 0 Å². The Bertz CT molecular complexity index is 538. The van der Waals surface area contributed by atoms with Gasteiger partial charge in [0.05, 0.1) is 16.9 Å². The number of hydrogen-bond acceptors (Lipinski definition) is 6. The highest BCUT2D eigenvalue weighted by molar-refractivity contribution is 6.01. The topological polar surface area (TPSA) is 120 Å². The van der Waals surface area contributed by atoms with Crippen LogP contribution in [0.5, 0.6) is 0 Å². The molecule has 0 saturated heterocycles. The van der Waals surface area contributed by atoms with Crippen LogP contribution in [0.1, 0.15) is 16.2 Å². The van der Waals surface area contributed by atoms with E-state index in [1.807, 2.05) is 0 Å². The zero-order chi connectivity index (χ0) is 13.0. The van der Waals surface area contributed by atoms with Crippen molar-refractivity contribution in [3.63, 3.8) is 0 Å². The normalized spacial score (nSPS) is 10.2. The fraction of sp³-hybridized carbons (Fsp3) is 0.182. The van der Waals surface area contributed by atoms with Gasteiger partial charge in [0.1, 0.15) is 0 Å². The Hall–Kier alpha value is -2.57. The highest BCUT2D eigenvalue weighted by Crippen LogP contribution is 2.22. The van der Waals surface area contributed by atoms with Crippen LogP contribution in [0.15, 0.2) is 29.1 Å². The average Bonchev–Trinajstić information content (AvgIpc) is 2.84. The summed E-state index contributed by atoms with van der Waals surface area (Å²) in [5.41, 5.74) is 12.4. The minimum absolute atomic E-state index is 0.364.